The third-order valence-corrected chi connectivity index (χ3v) is 3.16. The van der Waals surface area contributed by atoms with E-state index in [1.54, 1.807) is 7.05 Å². The number of benzene rings is 2. The summed E-state index contributed by atoms with van der Waals surface area (Å²) in [7, 11) is 1.69. The van der Waals surface area contributed by atoms with Gasteiger partial charge < -0.3 is 11.1 Å². The number of hydrazine groups is 2. The average molecular weight is 284 g/mol. The lowest BCUT2D eigenvalue weighted by Crippen LogP contribution is -2.43. The van der Waals surface area contributed by atoms with Crippen LogP contribution in [-0.4, -0.2) is 17.9 Å². The maximum Gasteiger partial charge on any atom is 0.143 e. The second-order valence-corrected chi connectivity index (χ2v) is 4.71. The summed E-state index contributed by atoms with van der Waals surface area (Å²) in [6.07, 6.45) is 0. The van der Waals surface area contributed by atoms with Crippen molar-refractivity contribution < 1.29 is 0 Å². The zero-order valence-electron chi connectivity index (χ0n) is 11.9. The van der Waals surface area contributed by atoms with E-state index in [4.69, 9.17) is 17.0 Å². The number of hydrogen-bond donors (Lipinski definition) is 5. The first kappa shape index (κ1) is 14.8. The van der Waals surface area contributed by atoms with E-state index in [9.17, 15) is 0 Å². The molecule has 6 nitrogen and oxygen atoms in total. The Bertz CT molecular complexity index is 591. The molecule has 0 aromatic heterocycles. The van der Waals surface area contributed by atoms with Gasteiger partial charge in [-0.1, -0.05) is 12.1 Å². The standard InChI is InChI=1S/C15H20N6/c1-21(20-18)15(17)12-4-8-14(9-5-12)19-10-11-2-6-13(16)7-3-11/h2-9,17,19-20H,10,16,18H2,1H3. The van der Waals surface area contributed by atoms with E-state index in [2.05, 4.69) is 10.9 Å². The Hall–Kier alpha value is -2.57. The molecular formula is C15H20N6. The number of nitrogens with zero attached hydrogens (tertiary/aromatic N) is 1. The Morgan fingerprint density at radius 2 is 1.71 bits per heavy atom. The summed E-state index contributed by atoms with van der Waals surface area (Å²) in [6, 6.07) is 15.4. The van der Waals surface area contributed by atoms with Gasteiger partial charge >= 0.3 is 0 Å². The van der Waals surface area contributed by atoms with Gasteiger partial charge in [0, 0.05) is 30.5 Å². The van der Waals surface area contributed by atoms with Gasteiger partial charge in [0.2, 0.25) is 0 Å². The number of anilines is 2. The van der Waals surface area contributed by atoms with E-state index >= 15 is 0 Å². The van der Waals surface area contributed by atoms with Crippen molar-refractivity contribution in [3.8, 4) is 0 Å². The van der Waals surface area contributed by atoms with Crippen LogP contribution in [0.4, 0.5) is 11.4 Å². The first-order chi connectivity index (χ1) is 10.1. The Morgan fingerprint density at radius 1 is 1.10 bits per heavy atom. The Labute approximate surface area is 124 Å². The zero-order chi connectivity index (χ0) is 15.2. The van der Waals surface area contributed by atoms with Crippen LogP contribution in [0.5, 0.6) is 0 Å². The summed E-state index contributed by atoms with van der Waals surface area (Å²) in [6.45, 7) is 0.724. The van der Waals surface area contributed by atoms with E-state index in [1.165, 1.54) is 5.01 Å². The van der Waals surface area contributed by atoms with E-state index in [0.717, 1.165) is 29.0 Å². The molecule has 0 aliphatic carbocycles. The van der Waals surface area contributed by atoms with E-state index in [0.29, 0.717) is 5.84 Å². The second kappa shape index (κ2) is 6.74. The summed E-state index contributed by atoms with van der Waals surface area (Å²) in [5.74, 6) is 5.58. The maximum atomic E-state index is 7.91. The van der Waals surface area contributed by atoms with Crippen LogP contribution in [0.2, 0.25) is 0 Å². The van der Waals surface area contributed by atoms with Crippen molar-refractivity contribution >= 4 is 17.2 Å². The van der Waals surface area contributed by atoms with Crippen LogP contribution in [0.15, 0.2) is 48.5 Å². The molecule has 0 bridgehead atoms. The fraction of sp³-hybridized carbons (Fsp3) is 0.133. The van der Waals surface area contributed by atoms with E-state index in [1.807, 2.05) is 48.5 Å². The first-order valence-corrected chi connectivity index (χ1v) is 6.57. The van der Waals surface area contributed by atoms with Gasteiger partial charge in [-0.3, -0.25) is 16.3 Å². The Balaban J connectivity index is 1.96. The maximum absolute atomic E-state index is 7.91. The molecule has 7 N–H and O–H groups in total. The minimum absolute atomic E-state index is 0.308. The molecule has 110 valence electrons. The molecule has 0 aliphatic rings. The van der Waals surface area contributed by atoms with Crippen molar-refractivity contribution in [1.29, 1.82) is 5.41 Å². The summed E-state index contributed by atoms with van der Waals surface area (Å²) >= 11 is 0. The van der Waals surface area contributed by atoms with Crippen LogP contribution in [-0.2, 0) is 6.54 Å². The molecule has 0 unspecified atom stereocenters. The molecule has 0 saturated heterocycles. The SMILES string of the molecule is CN(NN)C(=N)c1ccc(NCc2ccc(N)cc2)cc1. The van der Waals surface area contributed by atoms with Crippen LogP contribution in [0.1, 0.15) is 11.1 Å². The molecule has 2 aromatic rings. The Kier molecular flexibility index (Phi) is 4.76. The molecule has 2 rings (SSSR count). The minimum Gasteiger partial charge on any atom is -0.399 e. The zero-order valence-corrected chi connectivity index (χ0v) is 11.9. The van der Waals surface area contributed by atoms with Gasteiger partial charge in [-0.05, 0) is 42.0 Å². The smallest absolute Gasteiger partial charge is 0.143 e. The van der Waals surface area contributed by atoms with Crippen molar-refractivity contribution in [2.24, 2.45) is 5.84 Å². The molecule has 0 amide bonds. The highest BCUT2D eigenvalue weighted by molar-refractivity contribution is 5.96. The number of nitrogen functional groups attached to an aromatic ring is 1. The highest BCUT2D eigenvalue weighted by Crippen LogP contribution is 2.13. The van der Waals surface area contributed by atoms with Crippen LogP contribution in [0.3, 0.4) is 0 Å². The van der Waals surface area contributed by atoms with Crippen molar-refractivity contribution in [3.05, 3.63) is 59.7 Å². The summed E-state index contributed by atoms with van der Waals surface area (Å²) in [5, 5.41) is 12.7. The summed E-state index contributed by atoms with van der Waals surface area (Å²) < 4.78 is 0. The van der Waals surface area contributed by atoms with Gasteiger partial charge in [0.1, 0.15) is 5.84 Å². The van der Waals surface area contributed by atoms with Crippen molar-refractivity contribution in [1.82, 2.24) is 10.5 Å². The lowest BCUT2D eigenvalue weighted by atomic mass is 10.1. The average Bonchev–Trinajstić information content (AvgIpc) is 2.53. The van der Waals surface area contributed by atoms with Crippen LogP contribution < -0.4 is 22.4 Å². The quantitative estimate of drug-likeness (QED) is 0.188. The van der Waals surface area contributed by atoms with Gasteiger partial charge in [-0.15, -0.1) is 0 Å². The second-order valence-electron chi connectivity index (χ2n) is 4.71. The molecule has 6 heteroatoms. The van der Waals surface area contributed by atoms with Crippen molar-refractivity contribution in [3.63, 3.8) is 0 Å². The molecule has 21 heavy (non-hydrogen) atoms. The van der Waals surface area contributed by atoms with E-state index < -0.39 is 0 Å². The molecular weight excluding hydrogens is 264 g/mol. The van der Waals surface area contributed by atoms with Gasteiger partial charge in [0.15, 0.2) is 0 Å². The lowest BCUT2D eigenvalue weighted by molar-refractivity contribution is 0.375. The Morgan fingerprint density at radius 3 is 2.29 bits per heavy atom. The summed E-state index contributed by atoms with van der Waals surface area (Å²) in [5.41, 5.74) is 11.8. The summed E-state index contributed by atoms with van der Waals surface area (Å²) in [4.78, 5) is 0. The minimum atomic E-state index is 0.308. The number of nitrogens with two attached hydrogens (primary N) is 2. The first-order valence-electron chi connectivity index (χ1n) is 6.57. The lowest BCUT2D eigenvalue weighted by Gasteiger charge is -2.18. The van der Waals surface area contributed by atoms with Gasteiger partial charge in [-0.2, -0.15) is 5.53 Å². The number of nitrogens with one attached hydrogen (secondary N) is 3. The molecule has 0 atom stereocenters. The van der Waals surface area contributed by atoms with Gasteiger partial charge in [-0.25, -0.2) is 0 Å². The van der Waals surface area contributed by atoms with Gasteiger partial charge in [0.05, 0.1) is 0 Å². The highest BCUT2D eigenvalue weighted by Gasteiger charge is 2.05. The van der Waals surface area contributed by atoms with Crippen molar-refractivity contribution in [2.75, 3.05) is 18.1 Å². The fourth-order valence-electron chi connectivity index (χ4n) is 1.84. The normalized spacial score (nSPS) is 10.2. The van der Waals surface area contributed by atoms with Crippen LogP contribution >= 0.6 is 0 Å². The molecule has 0 spiro atoms. The third kappa shape index (κ3) is 3.95. The molecule has 0 heterocycles. The molecule has 2 aromatic carbocycles. The highest BCUT2D eigenvalue weighted by atomic mass is 15.6. The monoisotopic (exact) mass is 284 g/mol. The predicted octanol–water partition coefficient (Wildman–Crippen LogP) is 1.52. The number of hydrogen-bond acceptors (Lipinski definition) is 5. The molecule has 0 radical (unpaired) electrons. The number of amidine groups is 1. The molecule has 0 fully saturated rings. The largest absolute Gasteiger partial charge is 0.399 e. The predicted molar refractivity (Wildman–Crippen MR) is 86.5 cm³/mol. The van der Waals surface area contributed by atoms with Crippen molar-refractivity contribution in [2.45, 2.75) is 6.54 Å². The molecule has 0 saturated carbocycles. The van der Waals surface area contributed by atoms with Crippen LogP contribution in [0.25, 0.3) is 0 Å². The third-order valence-electron chi connectivity index (χ3n) is 3.16. The van der Waals surface area contributed by atoms with Gasteiger partial charge in [0.25, 0.3) is 0 Å². The van der Waals surface area contributed by atoms with E-state index in [-0.39, 0.29) is 0 Å². The van der Waals surface area contributed by atoms with Crippen LogP contribution in [0, 0.1) is 5.41 Å². The fourth-order valence-corrected chi connectivity index (χ4v) is 1.84. The topological polar surface area (TPSA) is 103 Å². The molecule has 0 aliphatic heterocycles. The number of rotatable bonds is 5.